The molecule has 2 fully saturated rings. The molecule has 0 radical (unpaired) electrons. The Bertz CT molecular complexity index is 532. The summed E-state index contributed by atoms with van der Waals surface area (Å²) in [5.74, 6) is 6.17. The number of rotatable bonds is 2. The van der Waals surface area contributed by atoms with E-state index in [-0.39, 0.29) is 17.9 Å². The van der Waals surface area contributed by atoms with E-state index in [4.69, 9.17) is 5.84 Å². The van der Waals surface area contributed by atoms with Crippen molar-refractivity contribution in [1.82, 2.24) is 4.90 Å². The summed E-state index contributed by atoms with van der Waals surface area (Å²) >= 11 is 0. The molecule has 4 N–H and O–H groups in total. The predicted molar refractivity (Wildman–Crippen MR) is 77.1 cm³/mol. The van der Waals surface area contributed by atoms with E-state index in [1.165, 1.54) is 0 Å². The third-order valence-electron chi connectivity index (χ3n) is 4.73. The number of nitrogens with zero attached hydrogens (tertiary/aromatic N) is 1. The largest absolute Gasteiger partial charge is 0.393 e. The third-order valence-corrected chi connectivity index (χ3v) is 4.73. The van der Waals surface area contributed by atoms with Gasteiger partial charge in [-0.05, 0) is 49.4 Å². The minimum atomic E-state index is -0.234. The van der Waals surface area contributed by atoms with Crippen molar-refractivity contribution in [2.45, 2.75) is 25.9 Å². The Morgan fingerprint density at radius 3 is 2.85 bits per heavy atom. The van der Waals surface area contributed by atoms with Gasteiger partial charge in [0.05, 0.1) is 6.10 Å². The van der Waals surface area contributed by atoms with E-state index in [0.717, 1.165) is 36.2 Å². The first-order valence-electron chi connectivity index (χ1n) is 7.14. The van der Waals surface area contributed by atoms with E-state index in [1.54, 1.807) is 0 Å². The minimum Gasteiger partial charge on any atom is -0.393 e. The van der Waals surface area contributed by atoms with Crippen LogP contribution in [-0.4, -0.2) is 35.1 Å². The molecule has 1 aromatic rings. The van der Waals surface area contributed by atoms with Gasteiger partial charge in [-0.3, -0.25) is 10.6 Å². The van der Waals surface area contributed by atoms with Gasteiger partial charge >= 0.3 is 0 Å². The van der Waals surface area contributed by atoms with Crippen molar-refractivity contribution in [2.75, 3.05) is 18.5 Å². The number of nitrogens with two attached hydrogens (primary N) is 1. The first-order valence-corrected chi connectivity index (χ1v) is 7.14. The zero-order valence-corrected chi connectivity index (χ0v) is 11.7. The standard InChI is InChI=1S/C15H21N3O2/c1-9-6-11(17-16)3-4-12(9)15(20)18-7-10-2-5-14(19)13(10)8-18/h3-4,6,10,13-14,17,19H,2,5,7-8,16H2,1H3. The summed E-state index contributed by atoms with van der Waals surface area (Å²) < 4.78 is 0. The van der Waals surface area contributed by atoms with Crippen molar-refractivity contribution in [3.63, 3.8) is 0 Å². The van der Waals surface area contributed by atoms with Crippen LogP contribution < -0.4 is 11.3 Å². The van der Waals surface area contributed by atoms with Crippen LogP contribution in [0.4, 0.5) is 5.69 Å². The number of hydrazine groups is 1. The second kappa shape index (κ2) is 5.07. The van der Waals surface area contributed by atoms with Crippen LogP contribution in [0.5, 0.6) is 0 Å². The summed E-state index contributed by atoms with van der Waals surface area (Å²) in [6.45, 7) is 3.37. The Balaban J connectivity index is 1.77. The number of nitrogens with one attached hydrogen (secondary N) is 1. The fourth-order valence-corrected chi connectivity index (χ4v) is 3.57. The highest BCUT2D eigenvalue weighted by atomic mass is 16.3. The Hall–Kier alpha value is -1.59. The van der Waals surface area contributed by atoms with Crippen molar-refractivity contribution >= 4 is 11.6 Å². The van der Waals surface area contributed by atoms with Crippen molar-refractivity contribution in [3.05, 3.63) is 29.3 Å². The van der Waals surface area contributed by atoms with Crippen LogP contribution in [0.15, 0.2) is 18.2 Å². The maximum absolute atomic E-state index is 12.6. The molecule has 1 aliphatic carbocycles. The molecule has 3 rings (SSSR count). The number of aryl methyl sites for hydroxylation is 1. The molecule has 1 aliphatic heterocycles. The lowest BCUT2D eigenvalue weighted by atomic mass is 10.00. The van der Waals surface area contributed by atoms with Crippen LogP contribution in [0, 0.1) is 18.8 Å². The molecule has 1 amide bonds. The molecular formula is C15H21N3O2. The maximum Gasteiger partial charge on any atom is 0.254 e. The van der Waals surface area contributed by atoms with Gasteiger partial charge in [0.2, 0.25) is 0 Å². The van der Waals surface area contributed by atoms with Crippen LogP contribution in [0.3, 0.4) is 0 Å². The SMILES string of the molecule is Cc1cc(NN)ccc1C(=O)N1CC2CCC(O)C2C1. The van der Waals surface area contributed by atoms with Gasteiger partial charge in [-0.25, -0.2) is 0 Å². The fourth-order valence-electron chi connectivity index (χ4n) is 3.57. The van der Waals surface area contributed by atoms with Crippen molar-refractivity contribution in [1.29, 1.82) is 0 Å². The van der Waals surface area contributed by atoms with Gasteiger partial charge in [0, 0.05) is 30.3 Å². The highest BCUT2D eigenvalue weighted by Gasteiger charge is 2.43. The second-order valence-corrected chi connectivity index (χ2v) is 5.95. The molecule has 1 heterocycles. The van der Waals surface area contributed by atoms with Crippen LogP contribution in [-0.2, 0) is 0 Å². The van der Waals surface area contributed by atoms with E-state index >= 15 is 0 Å². The highest BCUT2D eigenvalue weighted by Crippen LogP contribution is 2.38. The number of amides is 1. The quantitative estimate of drug-likeness (QED) is 0.558. The van der Waals surface area contributed by atoms with Gasteiger partial charge in [0.1, 0.15) is 0 Å². The zero-order valence-electron chi connectivity index (χ0n) is 11.7. The first-order chi connectivity index (χ1) is 9.60. The molecule has 108 valence electrons. The van der Waals surface area contributed by atoms with Gasteiger partial charge in [0.15, 0.2) is 0 Å². The van der Waals surface area contributed by atoms with E-state index in [9.17, 15) is 9.90 Å². The fraction of sp³-hybridized carbons (Fsp3) is 0.533. The Labute approximate surface area is 118 Å². The van der Waals surface area contributed by atoms with E-state index in [2.05, 4.69) is 5.43 Å². The molecule has 0 aromatic heterocycles. The summed E-state index contributed by atoms with van der Waals surface area (Å²) in [4.78, 5) is 14.5. The monoisotopic (exact) mass is 275 g/mol. The molecule has 1 saturated carbocycles. The molecule has 1 saturated heterocycles. The average Bonchev–Trinajstić information content (AvgIpc) is 3.00. The van der Waals surface area contributed by atoms with Gasteiger partial charge in [-0.1, -0.05) is 0 Å². The third kappa shape index (κ3) is 2.17. The number of anilines is 1. The number of aliphatic hydroxyl groups excluding tert-OH is 1. The lowest BCUT2D eigenvalue weighted by Crippen LogP contribution is -2.31. The number of carbonyl (C=O) groups is 1. The molecule has 3 unspecified atom stereocenters. The highest BCUT2D eigenvalue weighted by molar-refractivity contribution is 5.96. The lowest BCUT2D eigenvalue weighted by Gasteiger charge is -2.19. The number of aliphatic hydroxyl groups is 1. The van der Waals surface area contributed by atoms with Crippen molar-refractivity contribution < 1.29 is 9.90 Å². The van der Waals surface area contributed by atoms with Crippen molar-refractivity contribution in [2.24, 2.45) is 17.7 Å². The molecule has 1 aromatic carbocycles. The number of fused-ring (bicyclic) bond motifs is 1. The van der Waals surface area contributed by atoms with Gasteiger partial charge in [-0.2, -0.15) is 0 Å². The smallest absolute Gasteiger partial charge is 0.254 e. The summed E-state index contributed by atoms with van der Waals surface area (Å²) in [5.41, 5.74) is 5.02. The number of benzene rings is 1. The molecule has 20 heavy (non-hydrogen) atoms. The first kappa shape index (κ1) is 13.4. The summed E-state index contributed by atoms with van der Waals surface area (Å²) in [6.07, 6.45) is 1.68. The topological polar surface area (TPSA) is 78.6 Å². The van der Waals surface area contributed by atoms with Gasteiger partial charge in [0.25, 0.3) is 5.91 Å². The molecule has 5 nitrogen and oxygen atoms in total. The molecule has 2 aliphatic rings. The average molecular weight is 275 g/mol. The lowest BCUT2D eigenvalue weighted by molar-refractivity contribution is 0.0751. The number of carbonyl (C=O) groups excluding carboxylic acids is 1. The van der Waals surface area contributed by atoms with Crippen LogP contribution in [0.2, 0.25) is 0 Å². The van der Waals surface area contributed by atoms with Gasteiger partial charge in [-0.15, -0.1) is 0 Å². The number of likely N-dealkylation sites (tertiary alicyclic amines) is 1. The molecule has 0 bridgehead atoms. The molecule has 5 heteroatoms. The summed E-state index contributed by atoms with van der Waals surface area (Å²) in [7, 11) is 0. The molecular weight excluding hydrogens is 254 g/mol. The van der Waals surface area contributed by atoms with Crippen molar-refractivity contribution in [3.8, 4) is 0 Å². The van der Waals surface area contributed by atoms with Crippen LogP contribution in [0.25, 0.3) is 0 Å². The maximum atomic E-state index is 12.6. The summed E-state index contributed by atoms with van der Waals surface area (Å²) in [6, 6.07) is 5.50. The number of hydrogen-bond acceptors (Lipinski definition) is 4. The normalized spacial score (nSPS) is 28.6. The van der Waals surface area contributed by atoms with E-state index in [0.29, 0.717) is 12.5 Å². The van der Waals surface area contributed by atoms with Crippen LogP contribution in [0.1, 0.15) is 28.8 Å². The number of nitrogen functional groups attached to an aromatic ring is 1. The van der Waals surface area contributed by atoms with Crippen LogP contribution >= 0.6 is 0 Å². The second-order valence-electron chi connectivity index (χ2n) is 5.95. The van der Waals surface area contributed by atoms with Gasteiger partial charge < -0.3 is 15.4 Å². The Kier molecular flexibility index (Phi) is 3.40. The molecule has 0 spiro atoms. The Morgan fingerprint density at radius 2 is 2.20 bits per heavy atom. The molecule has 3 atom stereocenters. The summed E-state index contributed by atoms with van der Waals surface area (Å²) in [5, 5.41) is 9.93. The van der Waals surface area contributed by atoms with E-state index < -0.39 is 0 Å². The zero-order chi connectivity index (χ0) is 14.3. The minimum absolute atomic E-state index is 0.0627. The van der Waals surface area contributed by atoms with E-state index in [1.807, 2.05) is 30.0 Å². The predicted octanol–water partition coefficient (Wildman–Crippen LogP) is 1.12. The Morgan fingerprint density at radius 1 is 1.40 bits per heavy atom. The number of hydrogen-bond donors (Lipinski definition) is 3.